The number of ether oxygens (including phenoxy) is 1. The molecule has 0 radical (unpaired) electrons. The number of hydrogen-bond acceptors (Lipinski definition) is 3. The highest BCUT2D eigenvalue weighted by atomic mass is 79.9. The van der Waals surface area contributed by atoms with Gasteiger partial charge in [-0.15, -0.1) is 0 Å². The Morgan fingerprint density at radius 1 is 1.41 bits per heavy atom. The topological polar surface area (TPSA) is 55.4 Å². The van der Waals surface area contributed by atoms with E-state index in [0.29, 0.717) is 10.7 Å². The summed E-state index contributed by atoms with van der Waals surface area (Å²) < 4.78 is 6.18. The molecule has 2 saturated carbocycles. The first kappa shape index (κ1) is 14.5. The molecular formula is C16H15BrClNO3. The van der Waals surface area contributed by atoms with E-state index < -0.39 is 0 Å². The van der Waals surface area contributed by atoms with Gasteiger partial charge in [-0.1, -0.05) is 11.6 Å². The Labute approximate surface area is 141 Å². The van der Waals surface area contributed by atoms with Crippen molar-refractivity contribution < 1.29 is 14.3 Å². The second-order valence-corrected chi connectivity index (χ2v) is 7.68. The van der Waals surface area contributed by atoms with Crippen LogP contribution in [0.1, 0.15) is 18.4 Å². The number of carbonyl (C=O) groups is 2. The lowest BCUT2D eigenvalue weighted by Crippen LogP contribution is -2.36. The molecule has 0 unspecified atom stereocenters. The summed E-state index contributed by atoms with van der Waals surface area (Å²) in [6.07, 6.45) is 1.81. The Bertz CT molecular complexity index is 690. The van der Waals surface area contributed by atoms with Gasteiger partial charge in [-0.25, -0.2) is 0 Å². The number of benzene rings is 1. The summed E-state index contributed by atoms with van der Waals surface area (Å²) in [6.45, 7) is 1.86. The number of fused-ring (bicyclic) bond motifs is 1. The number of rotatable bonds is 2. The molecule has 116 valence electrons. The van der Waals surface area contributed by atoms with Crippen LogP contribution in [-0.4, -0.2) is 18.0 Å². The molecule has 3 aliphatic rings. The Balaban J connectivity index is 1.59. The molecule has 1 aliphatic heterocycles. The van der Waals surface area contributed by atoms with E-state index in [4.69, 9.17) is 16.3 Å². The maximum atomic E-state index is 12.7. The standard InChI is InChI=1S/C16H15BrClNO3/c1-6-10(3-2-9(17)14(6)18)19-15(20)12-7-4-8-11(5-7)22-16(21)13(8)12/h2-3,7-8,11-13H,4-5H2,1H3,(H,19,20)/t7-,8+,11-,12-,13+/m1/s1. The summed E-state index contributed by atoms with van der Waals surface area (Å²) in [7, 11) is 0. The van der Waals surface area contributed by atoms with Gasteiger partial charge in [-0.05, 0) is 59.3 Å². The Morgan fingerprint density at radius 2 is 2.18 bits per heavy atom. The van der Waals surface area contributed by atoms with E-state index in [1.165, 1.54) is 0 Å². The van der Waals surface area contributed by atoms with Gasteiger partial charge in [-0.3, -0.25) is 9.59 Å². The van der Waals surface area contributed by atoms with Crippen molar-refractivity contribution in [3.63, 3.8) is 0 Å². The van der Waals surface area contributed by atoms with Crippen molar-refractivity contribution in [2.45, 2.75) is 25.9 Å². The molecule has 4 rings (SSSR count). The number of amides is 1. The lowest BCUT2D eigenvalue weighted by molar-refractivity contribution is -0.145. The Morgan fingerprint density at radius 3 is 2.95 bits per heavy atom. The van der Waals surface area contributed by atoms with Crippen LogP contribution in [0.4, 0.5) is 5.69 Å². The molecule has 5 atom stereocenters. The highest BCUT2D eigenvalue weighted by molar-refractivity contribution is 9.10. The summed E-state index contributed by atoms with van der Waals surface area (Å²) in [5, 5.41) is 3.55. The third-order valence-electron chi connectivity index (χ3n) is 5.38. The highest BCUT2D eigenvalue weighted by Crippen LogP contribution is 2.57. The number of carbonyl (C=O) groups excluding carboxylic acids is 2. The summed E-state index contributed by atoms with van der Waals surface area (Å²) in [4.78, 5) is 24.7. The minimum Gasteiger partial charge on any atom is -0.462 e. The van der Waals surface area contributed by atoms with Crippen molar-refractivity contribution >= 4 is 45.1 Å². The zero-order valence-corrected chi connectivity index (χ0v) is 14.3. The molecule has 4 nitrogen and oxygen atoms in total. The van der Waals surface area contributed by atoms with Gasteiger partial charge in [0.25, 0.3) is 0 Å². The maximum absolute atomic E-state index is 12.7. The summed E-state index contributed by atoms with van der Waals surface area (Å²) in [5.41, 5.74) is 1.52. The predicted molar refractivity (Wildman–Crippen MR) is 85.6 cm³/mol. The number of hydrogen-bond donors (Lipinski definition) is 1. The lowest BCUT2D eigenvalue weighted by Gasteiger charge is -2.24. The van der Waals surface area contributed by atoms with E-state index in [2.05, 4.69) is 21.2 Å². The average molecular weight is 385 g/mol. The first-order valence-electron chi connectivity index (χ1n) is 7.43. The zero-order chi connectivity index (χ0) is 15.6. The quantitative estimate of drug-likeness (QED) is 0.793. The average Bonchev–Trinajstić information content (AvgIpc) is 3.09. The van der Waals surface area contributed by atoms with Gasteiger partial charge in [0.05, 0.1) is 16.9 Å². The maximum Gasteiger partial charge on any atom is 0.310 e. The van der Waals surface area contributed by atoms with Crippen LogP contribution in [0.15, 0.2) is 16.6 Å². The third-order valence-corrected chi connectivity index (χ3v) is 6.76. The van der Waals surface area contributed by atoms with Crippen molar-refractivity contribution in [1.82, 2.24) is 0 Å². The van der Waals surface area contributed by atoms with Crippen LogP contribution in [0.2, 0.25) is 5.02 Å². The minimum absolute atomic E-state index is 0.0513. The fraction of sp³-hybridized carbons (Fsp3) is 0.500. The van der Waals surface area contributed by atoms with Crippen molar-refractivity contribution in [2.75, 3.05) is 5.32 Å². The van der Waals surface area contributed by atoms with Crippen molar-refractivity contribution in [2.24, 2.45) is 23.7 Å². The van der Waals surface area contributed by atoms with Gasteiger partial charge >= 0.3 is 5.97 Å². The van der Waals surface area contributed by atoms with Crippen LogP contribution in [0.3, 0.4) is 0 Å². The molecule has 1 heterocycles. The Hall–Kier alpha value is -1.07. The van der Waals surface area contributed by atoms with Crippen LogP contribution in [-0.2, 0) is 14.3 Å². The number of nitrogens with one attached hydrogen (secondary N) is 1. The van der Waals surface area contributed by atoms with E-state index in [1.54, 1.807) is 0 Å². The number of esters is 1. The monoisotopic (exact) mass is 383 g/mol. The van der Waals surface area contributed by atoms with Gasteiger partial charge < -0.3 is 10.1 Å². The lowest BCUT2D eigenvalue weighted by atomic mass is 9.79. The van der Waals surface area contributed by atoms with Crippen LogP contribution < -0.4 is 5.32 Å². The molecular weight excluding hydrogens is 370 g/mol. The van der Waals surface area contributed by atoms with E-state index >= 15 is 0 Å². The molecule has 1 aromatic rings. The van der Waals surface area contributed by atoms with Gasteiger partial charge in [0.2, 0.25) is 5.91 Å². The molecule has 3 fully saturated rings. The molecule has 22 heavy (non-hydrogen) atoms. The largest absolute Gasteiger partial charge is 0.462 e. The molecule has 1 amide bonds. The summed E-state index contributed by atoms with van der Waals surface area (Å²) in [6, 6.07) is 3.64. The smallest absolute Gasteiger partial charge is 0.310 e. The van der Waals surface area contributed by atoms with E-state index in [0.717, 1.165) is 22.9 Å². The van der Waals surface area contributed by atoms with E-state index in [9.17, 15) is 9.59 Å². The molecule has 2 bridgehead atoms. The molecule has 2 aliphatic carbocycles. The van der Waals surface area contributed by atoms with E-state index in [1.807, 2.05) is 19.1 Å². The second kappa shape index (κ2) is 4.96. The highest BCUT2D eigenvalue weighted by Gasteiger charge is 2.63. The van der Waals surface area contributed by atoms with Gasteiger partial charge in [0.15, 0.2) is 0 Å². The van der Waals surface area contributed by atoms with Crippen molar-refractivity contribution in [3.8, 4) is 0 Å². The number of anilines is 1. The minimum atomic E-state index is -0.266. The predicted octanol–water partition coefficient (Wildman–Crippen LogP) is 3.55. The van der Waals surface area contributed by atoms with E-state index in [-0.39, 0.29) is 41.7 Å². The molecule has 1 saturated heterocycles. The molecule has 0 aromatic heterocycles. The molecule has 0 spiro atoms. The second-order valence-electron chi connectivity index (χ2n) is 6.45. The zero-order valence-electron chi connectivity index (χ0n) is 11.9. The van der Waals surface area contributed by atoms with Gasteiger partial charge in [0.1, 0.15) is 6.10 Å². The molecule has 1 aromatic carbocycles. The first-order chi connectivity index (χ1) is 10.5. The van der Waals surface area contributed by atoms with Crippen molar-refractivity contribution in [1.29, 1.82) is 0 Å². The van der Waals surface area contributed by atoms with Crippen LogP contribution in [0.25, 0.3) is 0 Å². The first-order valence-corrected chi connectivity index (χ1v) is 8.60. The van der Waals surface area contributed by atoms with Crippen LogP contribution >= 0.6 is 27.5 Å². The van der Waals surface area contributed by atoms with Gasteiger partial charge in [0, 0.05) is 16.1 Å². The summed E-state index contributed by atoms with van der Waals surface area (Å²) in [5.74, 6) is -0.300. The van der Waals surface area contributed by atoms with Crippen LogP contribution in [0, 0.1) is 30.6 Å². The molecule has 6 heteroatoms. The normalized spacial score (nSPS) is 34.9. The fourth-order valence-electron chi connectivity index (χ4n) is 4.37. The number of halogens is 2. The summed E-state index contributed by atoms with van der Waals surface area (Å²) >= 11 is 9.57. The third kappa shape index (κ3) is 1.95. The Kier molecular flexibility index (Phi) is 3.28. The van der Waals surface area contributed by atoms with Crippen LogP contribution in [0.5, 0.6) is 0 Å². The van der Waals surface area contributed by atoms with Gasteiger partial charge in [-0.2, -0.15) is 0 Å². The molecule has 1 N–H and O–H groups in total. The van der Waals surface area contributed by atoms with Crippen molar-refractivity contribution in [3.05, 3.63) is 27.2 Å². The fourth-order valence-corrected chi connectivity index (χ4v) is 4.96. The SMILES string of the molecule is Cc1c(NC(=O)[C@@H]2[C@@H]3C[C@@H]4[C@@H]2C(=O)O[C@@H]4C3)ccc(Br)c1Cl.